The highest BCUT2D eigenvalue weighted by Crippen LogP contribution is 2.27. The Hall–Kier alpha value is -0.380. The number of hydrogen-bond donors (Lipinski definition) is 1. The Balaban J connectivity index is 1.98. The topological polar surface area (TPSA) is 38.3 Å². The molecule has 4 heteroatoms. The van der Waals surface area contributed by atoms with E-state index in [0.717, 1.165) is 24.5 Å². The summed E-state index contributed by atoms with van der Waals surface area (Å²) in [6, 6.07) is 0. The van der Waals surface area contributed by atoms with Crippen molar-refractivity contribution in [3.63, 3.8) is 0 Å². The largest absolute Gasteiger partial charge is 0.446 e. The third-order valence-electron chi connectivity index (χ3n) is 2.17. The Morgan fingerprint density at radius 1 is 1.64 bits per heavy atom. The second-order valence-corrected chi connectivity index (χ2v) is 4.10. The van der Waals surface area contributed by atoms with E-state index in [9.17, 15) is 4.79 Å². The summed E-state index contributed by atoms with van der Waals surface area (Å²) < 4.78 is 5.13. The number of thioether (sulfide) groups is 1. The third kappa shape index (κ3) is 1.45. The molecule has 2 rings (SSSR count). The van der Waals surface area contributed by atoms with E-state index in [2.05, 4.69) is 5.32 Å². The monoisotopic (exact) mass is 173 g/mol. The molecule has 2 aliphatic rings. The minimum atomic E-state index is -0.238. The van der Waals surface area contributed by atoms with Gasteiger partial charge in [-0.2, -0.15) is 11.8 Å². The molecular weight excluding hydrogens is 162 g/mol. The van der Waals surface area contributed by atoms with E-state index in [1.165, 1.54) is 0 Å². The molecule has 0 aromatic carbocycles. The molecule has 1 N–H and O–H groups in total. The van der Waals surface area contributed by atoms with Crippen LogP contribution in [0.15, 0.2) is 0 Å². The average molecular weight is 173 g/mol. The van der Waals surface area contributed by atoms with E-state index in [-0.39, 0.29) is 12.2 Å². The predicted octanol–water partition coefficient (Wildman–Crippen LogP) is 0.848. The quantitative estimate of drug-likeness (QED) is 0.590. The lowest BCUT2D eigenvalue weighted by atomic mass is 10.0. The van der Waals surface area contributed by atoms with Gasteiger partial charge in [0.05, 0.1) is 0 Å². The summed E-state index contributed by atoms with van der Waals surface area (Å²) in [4.78, 5) is 10.8. The lowest BCUT2D eigenvalue weighted by Gasteiger charge is -2.34. The van der Waals surface area contributed by atoms with Crippen molar-refractivity contribution in [1.82, 2.24) is 5.32 Å². The maximum atomic E-state index is 10.8. The van der Waals surface area contributed by atoms with Crippen LogP contribution in [-0.4, -0.2) is 30.2 Å². The molecule has 11 heavy (non-hydrogen) atoms. The molecule has 0 aliphatic carbocycles. The van der Waals surface area contributed by atoms with Crippen LogP contribution in [0.5, 0.6) is 0 Å². The van der Waals surface area contributed by atoms with Crippen LogP contribution in [0, 0.1) is 5.92 Å². The molecule has 2 atom stereocenters. The van der Waals surface area contributed by atoms with Gasteiger partial charge in [0.25, 0.3) is 0 Å². The first-order valence-corrected chi connectivity index (χ1v) is 5.04. The first-order valence-electron chi connectivity index (χ1n) is 3.88. The molecule has 0 spiro atoms. The predicted molar refractivity (Wildman–Crippen MR) is 43.7 cm³/mol. The number of carbonyl (C=O) groups is 1. The van der Waals surface area contributed by atoms with Gasteiger partial charge >= 0.3 is 6.09 Å². The Morgan fingerprint density at radius 3 is 3.45 bits per heavy atom. The summed E-state index contributed by atoms with van der Waals surface area (Å²) >= 11 is 1.95. The van der Waals surface area contributed by atoms with Crippen LogP contribution in [0.1, 0.15) is 6.42 Å². The zero-order valence-corrected chi connectivity index (χ0v) is 7.02. The van der Waals surface area contributed by atoms with Crippen LogP contribution < -0.4 is 5.32 Å². The summed E-state index contributed by atoms with van der Waals surface area (Å²) in [6.07, 6.45) is 0.992. The molecule has 0 bridgehead atoms. The van der Waals surface area contributed by atoms with E-state index in [1.54, 1.807) is 0 Å². The number of carbonyl (C=O) groups excluding carboxylic acids is 1. The second-order valence-electron chi connectivity index (χ2n) is 2.95. The van der Waals surface area contributed by atoms with Crippen LogP contribution in [0.25, 0.3) is 0 Å². The van der Waals surface area contributed by atoms with Crippen molar-refractivity contribution in [3.8, 4) is 0 Å². The zero-order valence-electron chi connectivity index (χ0n) is 6.21. The number of fused-ring (bicyclic) bond motifs is 1. The fourth-order valence-corrected chi connectivity index (χ4v) is 2.72. The highest BCUT2D eigenvalue weighted by atomic mass is 32.2. The smallest absolute Gasteiger partial charge is 0.407 e. The van der Waals surface area contributed by atoms with Crippen molar-refractivity contribution < 1.29 is 9.53 Å². The van der Waals surface area contributed by atoms with Crippen LogP contribution in [0.4, 0.5) is 4.79 Å². The Morgan fingerprint density at radius 2 is 2.55 bits per heavy atom. The second kappa shape index (κ2) is 2.93. The first kappa shape index (κ1) is 7.28. The SMILES string of the molecule is O=C1NCC2CSCCC2O1. The standard InChI is InChI=1S/C7H11NO2S/c9-7-8-3-5-4-11-2-1-6(5)10-7/h5-6H,1-4H2,(H,8,9). The number of ether oxygens (including phenoxy) is 1. The number of amides is 1. The molecule has 1 amide bonds. The molecule has 2 aliphatic heterocycles. The van der Waals surface area contributed by atoms with Gasteiger partial charge < -0.3 is 10.1 Å². The van der Waals surface area contributed by atoms with Gasteiger partial charge in [-0.3, -0.25) is 0 Å². The van der Waals surface area contributed by atoms with E-state index in [4.69, 9.17) is 4.74 Å². The fraction of sp³-hybridized carbons (Fsp3) is 0.857. The van der Waals surface area contributed by atoms with Gasteiger partial charge in [-0.1, -0.05) is 0 Å². The van der Waals surface area contributed by atoms with Crippen molar-refractivity contribution in [2.24, 2.45) is 5.92 Å². The minimum absolute atomic E-state index is 0.199. The molecule has 2 saturated heterocycles. The van der Waals surface area contributed by atoms with Gasteiger partial charge in [0.1, 0.15) is 6.10 Å². The van der Waals surface area contributed by atoms with E-state index >= 15 is 0 Å². The summed E-state index contributed by atoms with van der Waals surface area (Å²) in [6.45, 7) is 0.802. The van der Waals surface area contributed by atoms with Crippen molar-refractivity contribution in [3.05, 3.63) is 0 Å². The van der Waals surface area contributed by atoms with Gasteiger partial charge in [-0.05, 0) is 12.2 Å². The van der Waals surface area contributed by atoms with Gasteiger partial charge in [0.2, 0.25) is 0 Å². The molecule has 0 saturated carbocycles. The van der Waals surface area contributed by atoms with Crippen LogP contribution >= 0.6 is 11.8 Å². The number of rotatable bonds is 0. The minimum Gasteiger partial charge on any atom is -0.446 e. The molecule has 2 fully saturated rings. The Bertz CT molecular complexity index is 174. The lowest BCUT2D eigenvalue weighted by Crippen LogP contribution is -2.47. The van der Waals surface area contributed by atoms with Gasteiger partial charge in [0, 0.05) is 18.2 Å². The molecule has 0 aromatic rings. The number of alkyl carbamates (subject to hydrolysis) is 1. The average Bonchev–Trinajstić information content (AvgIpc) is 2.04. The maximum absolute atomic E-state index is 10.8. The van der Waals surface area contributed by atoms with Crippen molar-refractivity contribution in [2.75, 3.05) is 18.1 Å². The van der Waals surface area contributed by atoms with Crippen LogP contribution in [-0.2, 0) is 4.74 Å². The Kier molecular flexibility index (Phi) is 1.94. The highest BCUT2D eigenvalue weighted by Gasteiger charge is 2.32. The van der Waals surface area contributed by atoms with Crippen LogP contribution in [0.3, 0.4) is 0 Å². The summed E-state index contributed by atoms with van der Waals surface area (Å²) in [5.74, 6) is 2.81. The summed E-state index contributed by atoms with van der Waals surface area (Å²) in [5.41, 5.74) is 0. The normalized spacial score (nSPS) is 36.9. The van der Waals surface area contributed by atoms with E-state index < -0.39 is 0 Å². The van der Waals surface area contributed by atoms with Crippen molar-refractivity contribution in [2.45, 2.75) is 12.5 Å². The zero-order chi connectivity index (χ0) is 7.68. The molecule has 2 heterocycles. The summed E-state index contributed by atoms with van der Waals surface area (Å²) in [7, 11) is 0. The van der Waals surface area contributed by atoms with Gasteiger partial charge in [-0.15, -0.1) is 0 Å². The lowest BCUT2D eigenvalue weighted by molar-refractivity contribution is 0.0407. The molecule has 62 valence electrons. The Labute approximate surface area is 69.9 Å². The summed E-state index contributed by atoms with van der Waals surface area (Å²) in [5, 5.41) is 2.71. The van der Waals surface area contributed by atoms with E-state index in [0.29, 0.717) is 5.92 Å². The number of nitrogens with one attached hydrogen (secondary N) is 1. The molecule has 3 nitrogen and oxygen atoms in total. The third-order valence-corrected chi connectivity index (χ3v) is 3.36. The maximum Gasteiger partial charge on any atom is 0.407 e. The van der Waals surface area contributed by atoms with Crippen LogP contribution in [0.2, 0.25) is 0 Å². The van der Waals surface area contributed by atoms with Crippen molar-refractivity contribution >= 4 is 17.9 Å². The fourth-order valence-electron chi connectivity index (χ4n) is 1.52. The van der Waals surface area contributed by atoms with Gasteiger partial charge in [-0.25, -0.2) is 4.79 Å². The van der Waals surface area contributed by atoms with E-state index in [1.807, 2.05) is 11.8 Å². The molecule has 2 unspecified atom stereocenters. The number of hydrogen-bond acceptors (Lipinski definition) is 3. The first-order chi connectivity index (χ1) is 5.36. The highest BCUT2D eigenvalue weighted by molar-refractivity contribution is 7.99. The molecule has 0 aromatic heterocycles. The van der Waals surface area contributed by atoms with Gasteiger partial charge in [0.15, 0.2) is 0 Å². The molecule has 0 radical (unpaired) electrons. The van der Waals surface area contributed by atoms with Crippen molar-refractivity contribution in [1.29, 1.82) is 0 Å². The molecular formula is C7H11NO2S.